The summed E-state index contributed by atoms with van der Waals surface area (Å²) >= 11 is 5.87. The number of hydrogen-bond donors (Lipinski definition) is 0. The minimum atomic E-state index is -0.181. The molecule has 1 aliphatic rings. The number of ether oxygens (including phenoxy) is 1. The number of rotatable bonds is 2. The lowest BCUT2D eigenvalue weighted by Crippen LogP contribution is -2.28. The van der Waals surface area contributed by atoms with Crippen LogP contribution < -0.4 is 0 Å². The molecule has 0 N–H and O–H groups in total. The topological polar surface area (TPSA) is 57.0 Å². The number of benzene rings is 1. The van der Waals surface area contributed by atoms with E-state index in [9.17, 15) is 4.79 Å². The van der Waals surface area contributed by atoms with Gasteiger partial charge in [0.2, 0.25) is 0 Å². The van der Waals surface area contributed by atoms with Gasteiger partial charge in [-0.1, -0.05) is 11.6 Å². The molecule has 5 nitrogen and oxygen atoms in total. The van der Waals surface area contributed by atoms with Gasteiger partial charge in [0, 0.05) is 17.0 Å². The Bertz CT molecular complexity index is 636. The molecule has 0 amide bonds. The molecule has 1 unspecified atom stereocenters. The van der Waals surface area contributed by atoms with Crippen LogP contribution in [0.4, 0.5) is 0 Å². The third-order valence-electron chi connectivity index (χ3n) is 3.50. The summed E-state index contributed by atoms with van der Waals surface area (Å²) in [6.07, 6.45) is 1.49. The Morgan fingerprint density at radius 3 is 2.85 bits per heavy atom. The largest absolute Gasteiger partial charge is 0.469 e. The minimum absolute atomic E-state index is 0.132. The van der Waals surface area contributed by atoms with Crippen molar-refractivity contribution in [3.8, 4) is 11.4 Å². The van der Waals surface area contributed by atoms with E-state index in [1.807, 2.05) is 24.3 Å². The molecule has 0 radical (unpaired) electrons. The van der Waals surface area contributed by atoms with Gasteiger partial charge >= 0.3 is 5.97 Å². The van der Waals surface area contributed by atoms with Crippen LogP contribution in [-0.4, -0.2) is 27.8 Å². The Labute approximate surface area is 121 Å². The summed E-state index contributed by atoms with van der Waals surface area (Å²) in [5.74, 6) is 1.27. The zero-order valence-corrected chi connectivity index (χ0v) is 11.8. The van der Waals surface area contributed by atoms with E-state index in [1.54, 1.807) is 4.68 Å². The van der Waals surface area contributed by atoms with Crippen LogP contribution in [0.5, 0.6) is 0 Å². The van der Waals surface area contributed by atoms with Gasteiger partial charge in [-0.15, -0.1) is 0 Å². The fourth-order valence-corrected chi connectivity index (χ4v) is 2.52. The minimum Gasteiger partial charge on any atom is -0.469 e. The fourth-order valence-electron chi connectivity index (χ4n) is 2.39. The summed E-state index contributed by atoms with van der Waals surface area (Å²) in [6, 6.07) is 7.41. The summed E-state index contributed by atoms with van der Waals surface area (Å²) in [6.45, 7) is 0.530. The van der Waals surface area contributed by atoms with Gasteiger partial charge in [0.15, 0.2) is 5.82 Å². The molecule has 0 aliphatic carbocycles. The van der Waals surface area contributed by atoms with Crippen molar-refractivity contribution in [2.45, 2.75) is 19.4 Å². The van der Waals surface area contributed by atoms with Crippen LogP contribution in [0.25, 0.3) is 11.4 Å². The first-order valence-corrected chi connectivity index (χ1v) is 6.82. The van der Waals surface area contributed by atoms with Crippen LogP contribution in [-0.2, 0) is 22.5 Å². The highest BCUT2D eigenvalue weighted by atomic mass is 35.5. The lowest BCUT2D eigenvalue weighted by Gasteiger charge is -2.19. The van der Waals surface area contributed by atoms with E-state index in [-0.39, 0.29) is 11.9 Å². The summed E-state index contributed by atoms with van der Waals surface area (Å²) in [4.78, 5) is 16.1. The maximum Gasteiger partial charge on any atom is 0.310 e. The molecular formula is C14H14ClN3O2. The van der Waals surface area contributed by atoms with E-state index in [1.165, 1.54) is 7.11 Å². The zero-order valence-electron chi connectivity index (χ0n) is 11.0. The van der Waals surface area contributed by atoms with E-state index in [2.05, 4.69) is 10.1 Å². The van der Waals surface area contributed by atoms with Gasteiger partial charge in [-0.05, 0) is 30.7 Å². The van der Waals surface area contributed by atoms with Gasteiger partial charge < -0.3 is 4.74 Å². The van der Waals surface area contributed by atoms with Gasteiger partial charge in [-0.25, -0.2) is 9.67 Å². The highest BCUT2D eigenvalue weighted by Gasteiger charge is 2.27. The van der Waals surface area contributed by atoms with Crippen molar-refractivity contribution in [3.63, 3.8) is 0 Å². The van der Waals surface area contributed by atoms with Crippen LogP contribution in [0.3, 0.4) is 0 Å². The third-order valence-corrected chi connectivity index (χ3v) is 3.75. The second-order valence-corrected chi connectivity index (χ2v) is 5.24. The van der Waals surface area contributed by atoms with Crippen molar-refractivity contribution >= 4 is 17.6 Å². The van der Waals surface area contributed by atoms with Crippen LogP contribution in [0, 0.1) is 5.92 Å². The predicted molar refractivity (Wildman–Crippen MR) is 74.3 cm³/mol. The molecule has 1 atom stereocenters. The molecule has 0 spiro atoms. The molecule has 1 aromatic heterocycles. The summed E-state index contributed by atoms with van der Waals surface area (Å²) in [5.41, 5.74) is 0.922. The van der Waals surface area contributed by atoms with Crippen LogP contribution in [0.2, 0.25) is 5.02 Å². The molecule has 2 heterocycles. The SMILES string of the molecule is COC(=O)C1CCc2nc(-c3ccc(Cl)cc3)nn2C1. The van der Waals surface area contributed by atoms with E-state index >= 15 is 0 Å². The van der Waals surface area contributed by atoms with E-state index in [0.717, 1.165) is 24.2 Å². The standard InChI is InChI=1S/C14H14ClN3O2/c1-20-14(19)10-4-7-12-16-13(17-18(12)8-10)9-2-5-11(15)6-3-9/h2-3,5-6,10H,4,7-8H2,1H3. The molecular weight excluding hydrogens is 278 g/mol. The number of methoxy groups -OCH3 is 1. The Morgan fingerprint density at radius 2 is 2.15 bits per heavy atom. The average molecular weight is 292 g/mol. The Kier molecular flexibility index (Phi) is 3.44. The second kappa shape index (κ2) is 5.25. The van der Waals surface area contributed by atoms with Gasteiger partial charge in [0.1, 0.15) is 5.82 Å². The van der Waals surface area contributed by atoms with E-state index in [4.69, 9.17) is 16.3 Å². The molecule has 20 heavy (non-hydrogen) atoms. The van der Waals surface area contributed by atoms with Crippen molar-refractivity contribution in [1.82, 2.24) is 14.8 Å². The maximum atomic E-state index is 11.6. The van der Waals surface area contributed by atoms with Crippen molar-refractivity contribution in [1.29, 1.82) is 0 Å². The highest BCUT2D eigenvalue weighted by molar-refractivity contribution is 6.30. The summed E-state index contributed by atoms with van der Waals surface area (Å²) in [7, 11) is 1.42. The predicted octanol–water partition coefficient (Wildman–Crippen LogP) is 2.33. The van der Waals surface area contributed by atoms with Gasteiger partial charge in [0.05, 0.1) is 19.6 Å². The Balaban J connectivity index is 1.86. The van der Waals surface area contributed by atoms with Crippen molar-refractivity contribution in [2.24, 2.45) is 5.92 Å². The quantitative estimate of drug-likeness (QED) is 0.797. The maximum absolute atomic E-state index is 11.6. The fraction of sp³-hybridized carbons (Fsp3) is 0.357. The van der Waals surface area contributed by atoms with Crippen LogP contribution in [0.15, 0.2) is 24.3 Å². The molecule has 104 valence electrons. The number of halogens is 1. The molecule has 0 fully saturated rings. The van der Waals surface area contributed by atoms with Crippen LogP contribution in [0.1, 0.15) is 12.2 Å². The smallest absolute Gasteiger partial charge is 0.310 e. The van der Waals surface area contributed by atoms with Crippen molar-refractivity contribution in [2.75, 3.05) is 7.11 Å². The van der Waals surface area contributed by atoms with Crippen LogP contribution >= 0.6 is 11.6 Å². The first-order valence-electron chi connectivity index (χ1n) is 6.45. The zero-order chi connectivity index (χ0) is 14.1. The molecule has 0 saturated carbocycles. The molecule has 3 rings (SSSR count). The molecule has 0 saturated heterocycles. The van der Waals surface area contributed by atoms with Gasteiger partial charge in [-0.3, -0.25) is 4.79 Å². The normalized spacial score (nSPS) is 17.6. The van der Waals surface area contributed by atoms with Crippen molar-refractivity contribution < 1.29 is 9.53 Å². The number of hydrogen-bond acceptors (Lipinski definition) is 4. The number of aryl methyl sites for hydroxylation is 1. The van der Waals surface area contributed by atoms with E-state index in [0.29, 0.717) is 17.4 Å². The number of carbonyl (C=O) groups excluding carboxylic acids is 1. The van der Waals surface area contributed by atoms with Gasteiger partial charge in [-0.2, -0.15) is 5.10 Å². The highest BCUT2D eigenvalue weighted by Crippen LogP contribution is 2.24. The molecule has 1 aliphatic heterocycles. The molecule has 2 aromatic rings. The average Bonchev–Trinajstić information content (AvgIpc) is 2.90. The number of fused-ring (bicyclic) bond motifs is 1. The monoisotopic (exact) mass is 291 g/mol. The summed E-state index contributed by atoms with van der Waals surface area (Å²) < 4.78 is 6.59. The number of nitrogens with zero attached hydrogens (tertiary/aromatic N) is 3. The third kappa shape index (κ3) is 2.41. The number of carbonyl (C=O) groups is 1. The number of aromatic nitrogens is 3. The Morgan fingerprint density at radius 1 is 1.40 bits per heavy atom. The molecule has 0 bridgehead atoms. The molecule has 1 aromatic carbocycles. The summed E-state index contributed by atoms with van der Waals surface area (Å²) in [5, 5.41) is 5.16. The van der Waals surface area contributed by atoms with Gasteiger partial charge in [0.25, 0.3) is 0 Å². The van der Waals surface area contributed by atoms with Crippen molar-refractivity contribution in [3.05, 3.63) is 35.1 Å². The lowest BCUT2D eigenvalue weighted by molar-refractivity contribution is -0.146. The molecule has 6 heteroatoms. The second-order valence-electron chi connectivity index (χ2n) is 4.80. The first-order chi connectivity index (χ1) is 9.67. The Hall–Kier alpha value is -1.88. The number of esters is 1. The lowest BCUT2D eigenvalue weighted by atomic mass is 10.0. The van der Waals surface area contributed by atoms with E-state index < -0.39 is 0 Å². The first kappa shape index (κ1) is 13.1.